The molecule has 0 atom stereocenters. The Bertz CT molecular complexity index is 1360. The number of fused-ring (bicyclic) bond motifs is 1. The number of hydrogen-bond donors (Lipinski definition) is 1. The third-order valence-corrected chi connectivity index (χ3v) is 6.26. The second-order valence-corrected chi connectivity index (χ2v) is 8.74. The minimum atomic E-state index is -3.29. The minimum absolute atomic E-state index is 0.0392. The van der Waals surface area contributed by atoms with Gasteiger partial charge in [-0.05, 0) is 18.9 Å². The number of ether oxygens (including phenoxy) is 1. The SMILES string of the molecule is O=C(O)c1cn(C2CC2)c2c(OC(F)F)c(N3CCN(c4ncc(Cl)cn4)CC3)c(F)cc2c1=O. The van der Waals surface area contributed by atoms with Crippen molar-refractivity contribution < 1.29 is 27.8 Å². The van der Waals surface area contributed by atoms with Gasteiger partial charge >= 0.3 is 12.6 Å². The molecule has 5 rings (SSSR count). The lowest BCUT2D eigenvalue weighted by Gasteiger charge is -2.37. The molecule has 3 aromatic rings. The first-order valence-corrected chi connectivity index (χ1v) is 11.2. The zero-order valence-electron chi connectivity index (χ0n) is 18.1. The fraction of sp³-hybridized carbons (Fsp3) is 0.364. The molecule has 1 aliphatic carbocycles. The average Bonchev–Trinajstić information content (AvgIpc) is 3.65. The second kappa shape index (κ2) is 8.91. The van der Waals surface area contributed by atoms with Crippen molar-refractivity contribution in [3.8, 4) is 5.75 Å². The molecule has 0 unspecified atom stereocenters. The zero-order chi connectivity index (χ0) is 24.9. The van der Waals surface area contributed by atoms with Gasteiger partial charge in [0, 0.05) is 38.4 Å². The topological polar surface area (TPSA) is 101 Å². The maximum absolute atomic E-state index is 15.4. The van der Waals surface area contributed by atoms with Crippen molar-refractivity contribution in [2.45, 2.75) is 25.5 Å². The first-order chi connectivity index (χ1) is 16.7. The number of anilines is 2. The smallest absolute Gasteiger partial charge is 0.387 e. The van der Waals surface area contributed by atoms with Crippen LogP contribution in [0.5, 0.6) is 5.75 Å². The van der Waals surface area contributed by atoms with E-state index >= 15 is 4.39 Å². The van der Waals surface area contributed by atoms with Gasteiger partial charge in [-0.3, -0.25) is 4.79 Å². The molecular formula is C22H19ClF3N5O4. The third-order valence-electron chi connectivity index (χ3n) is 6.06. The van der Waals surface area contributed by atoms with Crippen molar-refractivity contribution in [1.82, 2.24) is 14.5 Å². The second-order valence-electron chi connectivity index (χ2n) is 8.30. The van der Waals surface area contributed by atoms with E-state index in [2.05, 4.69) is 9.97 Å². The van der Waals surface area contributed by atoms with Gasteiger partial charge in [0.1, 0.15) is 11.3 Å². The van der Waals surface area contributed by atoms with Gasteiger partial charge in [-0.25, -0.2) is 19.2 Å². The van der Waals surface area contributed by atoms with E-state index in [1.807, 2.05) is 4.90 Å². The fourth-order valence-electron chi connectivity index (χ4n) is 4.33. The van der Waals surface area contributed by atoms with Crippen molar-refractivity contribution in [3.63, 3.8) is 0 Å². The van der Waals surface area contributed by atoms with Gasteiger partial charge in [-0.2, -0.15) is 8.78 Å². The number of aromatic nitrogens is 3. The number of piperazine rings is 1. The Morgan fingerprint density at radius 1 is 1.14 bits per heavy atom. The summed E-state index contributed by atoms with van der Waals surface area (Å²) in [6.07, 6.45) is 5.36. The summed E-state index contributed by atoms with van der Waals surface area (Å²) in [5.74, 6) is -2.48. The number of carboxylic acids is 1. The van der Waals surface area contributed by atoms with Crippen LogP contribution in [-0.2, 0) is 0 Å². The van der Waals surface area contributed by atoms with E-state index in [1.54, 1.807) is 4.90 Å². The normalized spacial score (nSPS) is 16.3. The molecule has 1 N–H and O–H groups in total. The molecule has 3 heterocycles. The largest absolute Gasteiger partial charge is 0.477 e. The lowest BCUT2D eigenvalue weighted by molar-refractivity contribution is -0.0488. The van der Waals surface area contributed by atoms with E-state index < -0.39 is 35.1 Å². The Kier molecular flexibility index (Phi) is 5.91. The fourth-order valence-corrected chi connectivity index (χ4v) is 4.43. The van der Waals surface area contributed by atoms with E-state index in [9.17, 15) is 23.5 Å². The Hall–Kier alpha value is -3.54. The number of hydrogen-bond acceptors (Lipinski definition) is 7. The Morgan fingerprint density at radius 3 is 2.34 bits per heavy atom. The summed E-state index contributed by atoms with van der Waals surface area (Å²) < 4.78 is 48.7. The van der Waals surface area contributed by atoms with E-state index in [1.165, 1.54) is 17.0 Å². The summed E-state index contributed by atoms with van der Waals surface area (Å²) in [5.41, 5.74) is -1.76. The molecule has 0 amide bonds. The molecular weight excluding hydrogens is 491 g/mol. The summed E-state index contributed by atoms with van der Waals surface area (Å²) >= 11 is 5.83. The molecule has 2 aliphatic rings. The highest BCUT2D eigenvalue weighted by atomic mass is 35.5. The summed E-state index contributed by atoms with van der Waals surface area (Å²) in [4.78, 5) is 36.2. The van der Waals surface area contributed by atoms with Gasteiger partial charge in [-0.15, -0.1) is 0 Å². The van der Waals surface area contributed by atoms with Crippen LogP contribution in [0.2, 0.25) is 5.02 Å². The van der Waals surface area contributed by atoms with Crippen LogP contribution in [0.1, 0.15) is 29.2 Å². The number of halogens is 4. The van der Waals surface area contributed by atoms with Crippen LogP contribution < -0.4 is 20.0 Å². The van der Waals surface area contributed by atoms with Gasteiger partial charge in [0.05, 0.1) is 28.3 Å². The molecule has 1 saturated carbocycles. The van der Waals surface area contributed by atoms with Gasteiger partial charge < -0.3 is 24.2 Å². The highest BCUT2D eigenvalue weighted by Crippen LogP contribution is 2.44. The van der Waals surface area contributed by atoms with Gasteiger partial charge in [-0.1, -0.05) is 11.6 Å². The molecule has 9 nitrogen and oxygen atoms in total. The Labute approximate surface area is 201 Å². The first kappa shape index (κ1) is 23.2. The van der Waals surface area contributed by atoms with E-state index in [0.717, 1.165) is 12.3 Å². The first-order valence-electron chi connectivity index (χ1n) is 10.8. The quantitative estimate of drug-likeness (QED) is 0.538. The van der Waals surface area contributed by atoms with Crippen molar-refractivity contribution in [2.24, 2.45) is 0 Å². The van der Waals surface area contributed by atoms with Gasteiger partial charge in [0.25, 0.3) is 0 Å². The van der Waals surface area contributed by atoms with E-state index in [0.29, 0.717) is 36.9 Å². The molecule has 1 aliphatic heterocycles. The van der Waals surface area contributed by atoms with Crippen LogP contribution in [-0.4, -0.2) is 58.4 Å². The number of alkyl halides is 2. The summed E-state index contributed by atoms with van der Waals surface area (Å²) in [7, 11) is 0. The number of aromatic carboxylic acids is 1. The maximum Gasteiger partial charge on any atom is 0.387 e. The predicted octanol–water partition coefficient (Wildman–Crippen LogP) is 3.55. The number of carboxylic acid groups (broad SMARTS) is 1. The van der Waals surface area contributed by atoms with Crippen molar-refractivity contribution in [2.75, 3.05) is 36.0 Å². The highest BCUT2D eigenvalue weighted by Gasteiger charge is 2.33. The molecule has 184 valence electrons. The molecule has 0 bridgehead atoms. The van der Waals surface area contributed by atoms with Crippen LogP contribution in [0.25, 0.3) is 10.9 Å². The van der Waals surface area contributed by atoms with Gasteiger partial charge in [0.15, 0.2) is 11.6 Å². The predicted molar refractivity (Wildman–Crippen MR) is 121 cm³/mol. The molecule has 1 saturated heterocycles. The number of benzene rings is 1. The Morgan fingerprint density at radius 2 is 1.77 bits per heavy atom. The van der Waals surface area contributed by atoms with Crippen LogP contribution in [0.15, 0.2) is 29.5 Å². The molecule has 2 fully saturated rings. The summed E-state index contributed by atoms with van der Waals surface area (Å²) in [6, 6.07) is 0.708. The minimum Gasteiger partial charge on any atom is -0.477 e. The monoisotopic (exact) mass is 509 g/mol. The number of nitrogens with zero attached hydrogens (tertiary/aromatic N) is 5. The van der Waals surface area contributed by atoms with Crippen LogP contribution in [0.3, 0.4) is 0 Å². The molecule has 0 spiro atoms. The number of carbonyl (C=O) groups is 1. The van der Waals surface area contributed by atoms with Crippen LogP contribution in [0.4, 0.5) is 24.8 Å². The lowest BCUT2D eigenvalue weighted by Crippen LogP contribution is -2.47. The summed E-state index contributed by atoms with van der Waals surface area (Å²) in [6.45, 7) is -2.10. The van der Waals surface area contributed by atoms with E-state index in [-0.39, 0.29) is 35.7 Å². The van der Waals surface area contributed by atoms with Crippen LogP contribution >= 0.6 is 11.6 Å². The number of pyridine rings is 1. The molecule has 1 aromatic carbocycles. The highest BCUT2D eigenvalue weighted by molar-refractivity contribution is 6.30. The van der Waals surface area contributed by atoms with Crippen molar-refractivity contribution >= 4 is 40.1 Å². The van der Waals surface area contributed by atoms with Crippen molar-refractivity contribution in [3.05, 3.63) is 51.3 Å². The Balaban J connectivity index is 1.60. The number of rotatable bonds is 6. The third kappa shape index (κ3) is 4.33. The molecule has 13 heteroatoms. The van der Waals surface area contributed by atoms with Crippen LogP contribution in [0, 0.1) is 5.82 Å². The molecule has 0 radical (unpaired) electrons. The molecule has 2 aromatic heterocycles. The molecule has 35 heavy (non-hydrogen) atoms. The standard InChI is InChI=1S/C22H19ClF3N5O4/c23-11-8-27-22(28-9-11)30-5-3-29(4-6-30)17-15(24)7-13-16(19(17)35-21(25)26)31(12-1-2-12)10-14(18(13)32)20(33)34/h7-10,12,21H,1-6H2,(H,33,34). The van der Waals surface area contributed by atoms with E-state index in [4.69, 9.17) is 16.3 Å². The van der Waals surface area contributed by atoms with Gasteiger partial charge in [0.2, 0.25) is 11.4 Å². The zero-order valence-corrected chi connectivity index (χ0v) is 18.9. The average molecular weight is 510 g/mol. The summed E-state index contributed by atoms with van der Waals surface area (Å²) in [5, 5.41) is 9.50. The van der Waals surface area contributed by atoms with Crippen molar-refractivity contribution in [1.29, 1.82) is 0 Å². The lowest BCUT2D eigenvalue weighted by atomic mass is 10.1. The maximum atomic E-state index is 15.4.